The molecule has 3 aromatic rings. The number of carbonyl (C=O) groups is 1. The van der Waals surface area contributed by atoms with E-state index in [-0.39, 0.29) is 29.1 Å². The number of aromatic amines is 1. The minimum absolute atomic E-state index is 0.133. The van der Waals surface area contributed by atoms with Crippen LogP contribution in [0.5, 0.6) is 5.75 Å². The summed E-state index contributed by atoms with van der Waals surface area (Å²) < 4.78 is 6.71. The van der Waals surface area contributed by atoms with Gasteiger partial charge in [0.15, 0.2) is 5.65 Å². The van der Waals surface area contributed by atoms with Gasteiger partial charge in [0.1, 0.15) is 5.75 Å². The van der Waals surface area contributed by atoms with Crippen LogP contribution < -0.4 is 21.3 Å². The van der Waals surface area contributed by atoms with Crippen molar-refractivity contribution in [1.82, 2.24) is 19.9 Å². The van der Waals surface area contributed by atoms with Crippen LogP contribution in [0.1, 0.15) is 47.3 Å². The Hall–Kier alpha value is -3.42. The number of ether oxygens (including phenoxy) is 1. The lowest BCUT2D eigenvalue weighted by atomic mass is 10.1. The molecule has 8 heteroatoms. The zero-order valence-electron chi connectivity index (χ0n) is 16.3. The number of hydrogen-bond acceptors (Lipinski definition) is 5. The first-order chi connectivity index (χ1) is 14.0. The highest BCUT2D eigenvalue weighted by Gasteiger charge is 2.28. The van der Waals surface area contributed by atoms with Crippen molar-refractivity contribution >= 4 is 16.9 Å². The van der Waals surface area contributed by atoms with Gasteiger partial charge in [0.25, 0.3) is 11.5 Å². The number of rotatable bonds is 6. The molecule has 1 aliphatic rings. The van der Waals surface area contributed by atoms with Crippen LogP contribution in [0, 0.1) is 0 Å². The van der Waals surface area contributed by atoms with E-state index in [1.807, 2.05) is 24.3 Å². The molecule has 0 radical (unpaired) electrons. The Morgan fingerprint density at radius 1 is 1.31 bits per heavy atom. The molecule has 2 aromatic heterocycles. The van der Waals surface area contributed by atoms with Crippen LogP contribution in [-0.4, -0.2) is 27.6 Å². The summed E-state index contributed by atoms with van der Waals surface area (Å²) in [6.45, 7) is 2.39. The predicted octanol–water partition coefficient (Wildman–Crippen LogP) is 1.92. The molecule has 1 aromatic carbocycles. The molecule has 0 atom stereocenters. The second-order valence-corrected chi connectivity index (χ2v) is 7.07. The Labute approximate surface area is 166 Å². The van der Waals surface area contributed by atoms with E-state index < -0.39 is 17.2 Å². The number of fused-ring (bicyclic) bond motifs is 1. The Kier molecular flexibility index (Phi) is 4.92. The first-order valence-corrected chi connectivity index (χ1v) is 9.61. The zero-order valence-corrected chi connectivity index (χ0v) is 16.3. The quantitative estimate of drug-likeness (QED) is 0.664. The lowest BCUT2D eigenvalue weighted by Crippen LogP contribution is -2.33. The van der Waals surface area contributed by atoms with Crippen LogP contribution in [0.15, 0.2) is 39.9 Å². The van der Waals surface area contributed by atoms with E-state index in [1.165, 1.54) is 4.57 Å². The molecule has 0 aliphatic heterocycles. The third-order valence-corrected chi connectivity index (χ3v) is 5.16. The van der Waals surface area contributed by atoms with Crippen LogP contribution in [0.3, 0.4) is 0 Å². The van der Waals surface area contributed by atoms with Gasteiger partial charge in [0, 0.05) is 30.3 Å². The molecule has 2 N–H and O–H groups in total. The minimum Gasteiger partial charge on any atom is -0.496 e. The number of H-pyrrole nitrogens is 1. The third-order valence-electron chi connectivity index (χ3n) is 5.16. The summed E-state index contributed by atoms with van der Waals surface area (Å²) in [5.41, 5.74) is 0.928. The van der Waals surface area contributed by atoms with E-state index in [2.05, 4.69) is 15.3 Å². The van der Waals surface area contributed by atoms with Gasteiger partial charge < -0.3 is 10.1 Å². The summed E-state index contributed by atoms with van der Waals surface area (Å²) in [5, 5.41) is 2.99. The summed E-state index contributed by atoms with van der Waals surface area (Å²) in [6.07, 6.45) is 1.97. The van der Waals surface area contributed by atoms with Crippen molar-refractivity contribution in [2.45, 2.75) is 38.8 Å². The summed E-state index contributed by atoms with van der Waals surface area (Å²) in [5.74, 6) is 0.542. The van der Waals surface area contributed by atoms with Crippen molar-refractivity contribution in [1.29, 1.82) is 0 Å². The van der Waals surface area contributed by atoms with Crippen molar-refractivity contribution in [3.8, 4) is 5.75 Å². The van der Waals surface area contributed by atoms with Crippen molar-refractivity contribution in [2.75, 3.05) is 7.11 Å². The van der Waals surface area contributed by atoms with Gasteiger partial charge in [-0.1, -0.05) is 18.2 Å². The number of nitrogens with zero attached hydrogens (tertiary/aromatic N) is 2. The number of hydrogen-bond donors (Lipinski definition) is 2. The standard InChI is InChI=1S/C21H22N4O4/c1-3-25-18-17(20(27)24-21(25)28)14(10-15(23-18)12-8-9-12)19(26)22-11-13-6-4-5-7-16(13)29-2/h4-7,10,12H,3,8-9,11H2,1-2H3,(H,22,26)(H,24,27,28). The average molecular weight is 394 g/mol. The molecule has 1 saturated carbocycles. The molecule has 2 heterocycles. The molecule has 8 nitrogen and oxygen atoms in total. The normalized spacial score (nSPS) is 13.4. The minimum atomic E-state index is -0.605. The van der Waals surface area contributed by atoms with Gasteiger partial charge in [-0.2, -0.15) is 0 Å². The van der Waals surface area contributed by atoms with Crippen LogP contribution in [0.2, 0.25) is 0 Å². The molecule has 4 rings (SSSR count). The summed E-state index contributed by atoms with van der Waals surface area (Å²) in [4.78, 5) is 44.7. The molecule has 1 aliphatic carbocycles. The maximum absolute atomic E-state index is 13.0. The number of carbonyl (C=O) groups excluding carboxylic acids is 1. The van der Waals surface area contributed by atoms with Gasteiger partial charge in [-0.25, -0.2) is 9.78 Å². The number of amides is 1. The number of para-hydroxylation sites is 1. The van der Waals surface area contributed by atoms with Crippen LogP contribution in [0.25, 0.3) is 11.0 Å². The number of methoxy groups -OCH3 is 1. The molecule has 0 bridgehead atoms. The molecule has 1 fully saturated rings. The van der Waals surface area contributed by atoms with E-state index in [4.69, 9.17) is 4.74 Å². The monoisotopic (exact) mass is 394 g/mol. The SMILES string of the molecule is CCn1c(=O)[nH]c(=O)c2c(C(=O)NCc3ccccc3OC)cc(C3CC3)nc21. The van der Waals surface area contributed by atoms with E-state index in [0.29, 0.717) is 12.3 Å². The van der Waals surface area contributed by atoms with Crippen molar-refractivity contribution < 1.29 is 9.53 Å². The van der Waals surface area contributed by atoms with Gasteiger partial charge in [-0.15, -0.1) is 0 Å². The molecule has 150 valence electrons. The van der Waals surface area contributed by atoms with E-state index >= 15 is 0 Å². The number of benzene rings is 1. The summed E-state index contributed by atoms with van der Waals surface area (Å²) in [6, 6.07) is 9.07. The third kappa shape index (κ3) is 3.53. The van der Waals surface area contributed by atoms with E-state index in [0.717, 1.165) is 24.1 Å². The molecular formula is C21H22N4O4. The lowest BCUT2D eigenvalue weighted by molar-refractivity contribution is 0.0952. The number of aryl methyl sites for hydroxylation is 1. The number of nitrogens with one attached hydrogen (secondary N) is 2. The van der Waals surface area contributed by atoms with Crippen molar-refractivity contribution in [3.05, 3.63) is 68.0 Å². The fourth-order valence-corrected chi connectivity index (χ4v) is 3.47. The highest BCUT2D eigenvalue weighted by Crippen LogP contribution is 2.39. The van der Waals surface area contributed by atoms with Gasteiger partial charge in [-0.3, -0.25) is 19.1 Å². The van der Waals surface area contributed by atoms with Gasteiger partial charge in [-0.05, 0) is 31.9 Å². The molecule has 29 heavy (non-hydrogen) atoms. The average Bonchev–Trinajstić information content (AvgIpc) is 3.57. The Bertz CT molecular complexity index is 1210. The van der Waals surface area contributed by atoms with Crippen LogP contribution >= 0.6 is 0 Å². The molecule has 0 saturated heterocycles. The Morgan fingerprint density at radius 2 is 2.07 bits per heavy atom. The summed E-state index contributed by atoms with van der Waals surface area (Å²) >= 11 is 0. The smallest absolute Gasteiger partial charge is 0.329 e. The second-order valence-electron chi connectivity index (χ2n) is 7.07. The summed E-state index contributed by atoms with van der Waals surface area (Å²) in [7, 11) is 1.57. The second kappa shape index (κ2) is 7.54. The van der Waals surface area contributed by atoms with Crippen molar-refractivity contribution in [2.24, 2.45) is 0 Å². The first-order valence-electron chi connectivity index (χ1n) is 9.61. The highest BCUT2D eigenvalue weighted by molar-refractivity contribution is 6.05. The zero-order chi connectivity index (χ0) is 20.5. The molecule has 0 unspecified atom stereocenters. The van der Waals surface area contributed by atoms with Gasteiger partial charge in [0.05, 0.1) is 18.1 Å². The molecule has 0 spiro atoms. The Balaban J connectivity index is 1.78. The lowest BCUT2D eigenvalue weighted by Gasteiger charge is -2.13. The fraction of sp³-hybridized carbons (Fsp3) is 0.333. The van der Waals surface area contributed by atoms with Gasteiger partial charge >= 0.3 is 5.69 Å². The maximum atomic E-state index is 13.0. The predicted molar refractivity (Wildman–Crippen MR) is 108 cm³/mol. The maximum Gasteiger partial charge on any atom is 0.329 e. The number of aromatic nitrogens is 3. The first kappa shape index (κ1) is 18.9. The number of pyridine rings is 1. The van der Waals surface area contributed by atoms with E-state index in [9.17, 15) is 14.4 Å². The topological polar surface area (TPSA) is 106 Å². The van der Waals surface area contributed by atoms with E-state index in [1.54, 1.807) is 20.1 Å². The van der Waals surface area contributed by atoms with Crippen LogP contribution in [0.4, 0.5) is 0 Å². The molecular weight excluding hydrogens is 372 g/mol. The highest BCUT2D eigenvalue weighted by atomic mass is 16.5. The van der Waals surface area contributed by atoms with Crippen molar-refractivity contribution in [3.63, 3.8) is 0 Å². The van der Waals surface area contributed by atoms with Gasteiger partial charge in [0.2, 0.25) is 0 Å². The van der Waals surface area contributed by atoms with Crippen LogP contribution in [-0.2, 0) is 13.1 Å². The molecule has 1 amide bonds. The Morgan fingerprint density at radius 3 is 2.76 bits per heavy atom. The largest absolute Gasteiger partial charge is 0.496 e. The fourth-order valence-electron chi connectivity index (χ4n) is 3.47.